The molecule has 0 atom stereocenters. The highest BCUT2D eigenvalue weighted by Gasteiger charge is 2.34. The molecule has 5 nitrogen and oxygen atoms in total. The first kappa shape index (κ1) is 16.8. The Labute approximate surface area is 154 Å². The number of nitrogens with one attached hydrogen (secondary N) is 1. The topological polar surface area (TPSA) is 54.5 Å². The number of carbonyl (C=O) groups is 1. The summed E-state index contributed by atoms with van der Waals surface area (Å²) in [7, 11) is 0. The number of anilines is 2. The van der Waals surface area contributed by atoms with Gasteiger partial charge in [0.1, 0.15) is 17.1 Å². The molecule has 0 unspecified atom stereocenters. The molecule has 1 aliphatic rings. The maximum atomic E-state index is 13.8. The lowest BCUT2D eigenvalue weighted by molar-refractivity contribution is -0.120. The Morgan fingerprint density at radius 2 is 2.12 bits per heavy atom. The number of hydrogen-bond acceptors (Lipinski definition) is 5. The van der Waals surface area contributed by atoms with Gasteiger partial charge in [-0.1, -0.05) is 29.5 Å². The molecule has 0 saturated carbocycles. The molecule has 0 spiro atoms. The van der Waals surface area contributed by atoms with E-state index in [1.165, 1.54) is 17.4 Å². The van der Waals surface area contributed by atoms with Crippen LogP contribution < -0.4 is 15.0 Å². The van der Waals surface area contributed by atoms with Crippen LogP contribution in [0.1, 0.15) is 6.92 Å². The maximum Gasteiger partial charge on any atom is 0.231 e. The Bertz CT molecular complexity index is 953. The van der Waals surface area contributed by atoms with Crippen molar-refractivity contribution >= 4 is 38.3 Å². The molecule has 1 aliphatic heterocycles. The van der Waals surface area contributed by atoms with Crippen molar-refractivity contribution in [3.8, 4) is 5.75 Å². The number of nitrogens with zero attached hydrogens (tertiary/aromatic N) is 2. The first-order valence-corrected chi connectivity index (χ1v) is 9.30. The Hall–Kier alpha value is -2.67. The fourth-order valence-corrected chi connectivity index (χ4v) is 3.92. The summed E-state index contributed by atoms with van der Waals surface area (Å²) >= 11 is 1.45. The van der Waals surface area contributed by atoms with Crippen LogP contribution in [0.4, 0.5) is 15.2 Å². The van der Waals surface area contributed by atoms with Gasteiger partial charge in [-0.2, -0.15) is 0 Å². The summed E-state index contributed by atoms with van der Waals surface area (Å²) in [5.41, 5.74) is 1.07. The number of para-hydroxylation sites is 3. The number of aromatic nitrogens is 1. The zero-order chi connectivity index (χ0) is 18.1. The molecule has 26 heavy (non-hydrogen) atoms. The van der Waals surface area contributed by atoms with Crippen molar-refractivity contribution in [2.45, 2.75) is 6.92 Å². The largest absolute Gasteiger partial charge is 0.492 e. The highest BCUT2D eigenvalue weighted by molar-refractivity contribution is 7.22. The Morgan fingerprint density at radius 1 is 1.31 bits per heavy atom. The lowest BCUT2D eigenvalue weighted by atomic mass is 10.00. The van der Waals surface area contributed by atoms with Crippen LogP contribution in [-0.2, 0) is 4.79 Å². The third-order valence-electron chi connectivity index (χ3n) is 4.33. The highest BCUT2D eigenvalue weighted by atomic mass is 32.1. The fourth-order valence-electron chi connectivity index (χ4n) is 2.93. The zero-order valence-electron chi connectivity index (χ0n) is 14.2. The molecule has 1 saturated heterocycles. The van der Waals surface area contributed by atoms with Crippen molar-refractivity contribution < 1.29 is 13.9 Å². The summed E-state index contributed by atoms with van der Waals surface area (Å²) in [6.45, 7) is 3.59. The number of ether oxygens (including phenoxy) is 1. The number of amides is 1. The van der Waals surface area contributed by atoms with Crippen molar-refractivity contribution in [1.82, 2.24) is 4.98 Å². The van der Waals surface area contributed by atoms with Gasteiger partial charge in [0, 0.05) is 13.1 Å². The standard InChI is InChI=1S/C19H18FN3O2S/c1-2-25-15-8-4-3-7-14(15)21-18(24)12-10-23(11-12)19-22-17-13(20)6-5-9-16(17)26-19/h3-9,12H,2,10-11H2,1H3,(H,21,24). The van der Waals surface area contributed by atoms with Gasteiger partial charge in [0.2, 0.25) is 5.91 Å². The van der Waals surface area contributed by atoms with Gasteiger partial charge in [0.05, 0.1) is 22.9 Å². The summed E-state index contributed by atoms with van der Waals surface area (Å²) < 4.78 is 20.1. The van der Waals surface area contributed by atoms with Gasteiger partial charge in [0.25, 0.3) is 0 Å². The van der Waals surface area contributed by atoms with Crippen LogP contribution in [-0.4, -0.2) is 30.6 Å². The Morgan fingerprint density at radius 3 is 2.88 bits per heavy atom. The molecule has 1 amide bonds. The number of rotatable bonds is 5. The second-order valence-electron chi connectivity index (χ2n) is 6.10. The zero-order valence-corrected chi connectivity index (χ0v) is 15.1. The normalized spacial score (nSPS) is 14.3. The van der Waals surface area contributed by atoms with Gasteiger partial charge in [-0.25, -0.2) is 9.37 Å². The summed E-state index contributed by atoms with van der Waals surface area (Å²) in [5.74, 6) is 0.191. The van der Waals surface area contributed by atoms with Crippen LogP contribution in [0.25, 0.3) is 10.2 Å². The monoisotopic (exact) mass is 371 g/mol. The van der Waals surface area contributed by atoms with Crippen LogP contribution in [0.15, 0.2) is 42.5 Å². The van der Waals surface area contributed by atoms with Gasteiger partial charge in [-0.3, -0.25) is 4.79 Å². The smallest absolute Gasteiger partial charge is 0.231 e. The van der Waals surface area contributed by atoms with E-state index in [1.807, 2.05) is 42.2 Å². The Balaban J connectivity index is 1.41. The first-order valence-electron chi connectivity index (χ1n) is 8.48. The van der Waals surface area contributed by atoms with Crippen molar-refractivity contribution in [2.24, 2.45) is 5.92 Å². The average molecular weight is 371 g/mol. The second kappa shape index (κ2) is 6.92. The van der Waals surface area contributed by atoms with E-state index in [0.29, 0.717) is 36.6 Å². The summed E-state index contributed by atoms with van der Waals surface area (Å²) in [5, 5.41) is 3.69. The summed E-state index contributed by atoms with van der Waals surface area (Å²) in [6.07, 6.45) is 0. The third-order valence-corrected chi connectivity index (χ3v) is 5.41. The van der Waals surface area contributed by atoms with Crippen LogP contribution >= 0.6 is 11.3 Å². The van der Waals surface area contributed by atoms with Crippen LogP contribution in [0, 0.1) is 11.7 Å². The van der Waals surface area contributed by atoms with Crippen LogP contribution in [0.2, 0.25) is 0 Å². The highest BCUT2D eigenvalue weighted by Crippen LogP contribution is 2.34. The predicted molar refractivity (Wildman–Crippen MR) is 102 cm³/mol. The van der Waals surface area contributed by atoms with E-state index in [-0.39, 0.29) is 17.6 Å². The Kier molecular flexibility index (Phi) is 4.46. The molecule has 1 aromatic heterocycles. The summed E-state index contributed by atoms with van der Waals surface area (Å²) in [4.78, 5) is 18.9. The van der Waals surface area contributed by atoms with E-state index >= 15 is 0 Å². The van der Waals surface area contributed by atoms with Gasteiger partial charge in [-0.05, 0) is 31.2 Å². The van der Waals surface area contributed by atoms with Crippen LogP contribution in [0.3, 0.4) is 0 Å². The molecule has 0 radical (unpaired) electrons. The van der Waals surface area contributed by atoms with E-state index in [4.69, 9.17) is 4.74 Å². The SMILES string of the molecule is CCOc1ccccc1NC(=O)C1CN(c2nc3c(F)cccc3s2)C1. The van der Waals surface area contributed by atoms with E-state index in [2.05, 4.69) is 10.3 Å². The second-order valence-corrected chi connectivity index (χ2v) is 7.11. The molecule has 1 N–H and O–H groups in total. The molecule has 7 heteroatoms. The van der Waals surface area contributed by atoms with Crippen molar-refractivity contribution in [1.29, 1.82) is 0 Å². The molecule has 1 fully saturated rings. The van der Waals surface area contributed by atoms with Crippen molar-refractivity contribution in [3.63, 3.8) is 0 Å². The average Bonchev–Trinajstić information content (AvgIpc) is 3.00. The number of fused-ring (bicyclic) bond motifs is 1. The molecule has 3 aromatic rings. The number of hydrogen-bond donors (Lipinski definition) is 1. The van der Waals surface area contributed by atoms with E-state index in [1.54, 1.807) is 6.07 Å². The van der Waals surface area contributed by atoms with Crippen LogP contribution in [0.5, 0.6) is 5.75 Å². The van der Waals surface area contributed by atoms with E-state index in [9.17, 15) is 9.18 Å². The molecule has 4 rings (SSSR count). The number of halogens is 1. The maximum absolute atomic E-state index is 13.8. The van der Waals surface area contributed by atoms with Crippen molar-refractivity contribution in [2.75, 3.05) is 29.9 Å². The van der Waals surface area contributed by atoms with E-state index in [0.717, 1.165) is 9.83 Å². The first-order chi connectivity index (χ1) is 12.7. The van der Waals surface area contributed by atoms with Gasteiger partial charge in [0.15, 0.2) is 5.13 Å². The van der Waals surface area contributed by atoms with Gasteiger partial charge < -0.3 is 15.0 Å². The molecule has 0 bridgehead atoms. The fraction of sp³-hybridized carbons (Fsp3) is 0.263. The van der Waals surface area contributed by atoms with Crippen molar-refractivity contribution in [3.05, 3.63) is 48.3 Å². The quantitative estimate of drug-likeness (QED) is 0.739. The number of thiazole rings is 1. The molecule has 2 aromatic carbocycles. The molecular weight excluding hydrogens is 353 g/mol. The van der Waals surface area contributed by atoms with Gasteiger partial charge >= 0.3 is 0 Å². The molecule has 2 heterocycles. The lowest BCUT2D eigenvalue weighted by Gasteiger charge is -2.38. The number of carbonyl (C=O) groups excluding carboxylic acids is 1. The van der Waals surface area contributed by atoms with Gasteiger partial charge in [-0.15, -0.1) is 0 Å². The van der Waals surface area contributed by atoms with E-state index < -0.39 is 0 Å². The molecule has 0 aliphatic carbocycles. The molecule has 134 valence electrons. The lowest BCUT2D eigenvalue weighted by Crippen LogP contribution is -2.52. The predicted octanol–water partition coefficient (Wildman–Crippen LogP) is 3.91. The number of benzene rings is 2. The minimum Gasteiger partial charge on any atom is -0.492 e. The minimum atomic E-state index is -0.313. The molecular formula is C19H18FN3O2S. The third kappa shape index (κ3) is 3.10. The summed E-state index contributed by atoms with van der Waals surface area (Å²) in [6, 6.07) is 12.3. The minimum absolute atomic E-state index is 0.0410.